The van der Waals surface area contributed by atoms with Gasteiger partial charge in [0.15, 0.2) is 11.6 Å². The minimum absolute atomic E-state index is 0.0183. The molecule has 5 rings (SSSR count). The second kappa shape index (κ2) is 7.58. The summed E-state index contributed by atoms with van der Waals surface area (Å²) in [5.74, 6) is -0.109. The summed E-state index contributed by atoms with van der Waals surface area (Å²) in [4.78, 5) is 39.7. The van der Waals surface area contributed by atoms with Crippen LogP contribution in [0.4, 0.5) is 4.79 Å². The maximum Gasteiger partial charge on any atom is 0.312 e. The summed E-state index contributed by atoms with van der Waals surface area (Å²) >= 11 is 0. The molecular formula is C31H43N3O3. The number of fused-ring (bicyclic) bond motifs is 7. The molecule has 0 bridgehead atoms. The summed E-state index contributed by atoms with van der Waals surface area (Å²) in [7, 11) is 0. The molecule has 0 aromatic heterocycles. The molecule has 3 N–H and O–H groups in total. The highest BCUT2D eigenvalue weighted by atomic mass is 16.2. The van der Waals surface area contributed by atoms with Crippen LogP contribution in [-0.4, -0.2) is 23.1 Å². The van der Waals surface area contributed by atoms with Gasteiger partial charge in [0.1, 0.15) is 6.07 Å². The molecule has 7 atom stereocenters. The zero-order chi connectivity index (χ0) is 27.4. The van der Waals surface area contributed by atoms with Crippen LogP contribution in [0, 0.1) is 56.2 Å². The van der Waals surface area contributed by atoms with Gasteiger partial charge < -0.3 is 11.1 Å². The Labute approximate surface area is 221 Å². The van der Waals surface area contributed by atoms with E-state index in [1.165, 1.54) is 0 Å². The van der Waals surface area contributed by atoms with Gasteiger partial charge >= 0.3 is 6.03 Å². The maximum absolute atomic E-state index is 14.3. The molecule has 37 heavy (non-hydrogen) atoms. The van der Waals surface area contributed by atoms with E-state index in [1.807, 2.05) is 26.0 Å². The maximum atomic E-state index is 14.3. The largest absolute Gasteiger partial charge is 0.352 e. The molecule has 3 fully saturated rings. The first kappa shape index (κ1) is 26.2. The lowest BCUT2D eigenvalue weighted by Crippen LogP contribution is -2.70. The number of ketones is 2. The molecule has 5 aliphatic rings. The highest BCUT2D eigenvalue weighted by molar-refractivity contribution is 6.04. The van der Waals surface area contributed by atoms with Crippen LogP contribution < -0.4 is 11.1 Å². The van der Waals surface area contributed by atoms with Gasteiger partial charge in [0.2, 0.25) is 0 Å². The molecule has 0 radical (unpaired) electrons. The Morgan fingerprint density at radius 1 is 1.03 bits per heavy atom. The molecule has 0 aromatic carbocycles. The van der Waals surface area contributed by atoms with E-state index in [1.54, 1.807) is 0 Å². The van der Waals surface area contributed by atoms with Gasteiger partial charge in [0.05, 0.1) is 5.57 Å². The van der Waals surface area contributed by atoms with Crippen molar-refractivity contribution in [1.82, 2.24) is 5.32 Å². The summed E-state index contributed by atoms with van der Waals surface area (Å²) < 4.78 is 0. The summed E-state index contributed by atoms with van der Waals surface area (Å²) in [6.07, 6.45) is 9.89. The molecule has 6 heteroatoms. The van der Waals surface area contributed by atoms with E-state index in [0.717, 1.165) is 50.5 Å². The van der Waals surface area contributed by atoms with Gasteiger partial charge in [-0.1, -0.05) is 60.1 Å². The first-order valence-electron chi connectivity index (χ1n) is 14.0. The number of allylic oxidation sites excluding steroid dienone is 4. The van der Waals surface area contributed by atoms with Gasteiger partial charge in [-0.2, -0.15) is 5.26 Å². The predicted molar refractivity (Wildman–Crippen MR) is 142 cm³/mol. The van der Waals surface area contributed by atoms with Gasteiger partial charge in [-0.15, -0.1) is 0 Å². The van der Waals surface area contributed by atoms with Gasteiger partial charge in [0, 0.05) is 22.3 Å². The number of carbonyl (C=O) groups is 3. The monoisotopic (exact) mass is 505 g/mol. The van der Waals surface area contributed by atoms with Gasteiger partial charge in [-0.3, -0.25) is 9.59 Å². The number of hydrogen-bond acceptors (Lipinski definition) is 4. The van der Waals surface area contributed by atoms with Crippen molar-refractivity contribution in [2.24, 2.45) is 50.6 Å². The van der Waals surface area contributed by atoms with Crippen LogP contribution >= 0.6 is 0 Å². The van der Waals surface area contributed by atoms with E-state index in [-0.39, 0.29) is 51.1 Å². The average molecular weight is 506 g/mol. The molecule has 200 valence electrons. The highest BCUT2D eigenvalue weighted by Gasteiger charge is 2.70. The third-order valence-electron chi connectivity index (χ3n) is 12.2. The molecular weight excluding hydrogens is 462 g/mol. The zero-order valence-corrected chi connectivity index (χ0v) is 23.6. The number of amides is 2. The molecule has 5 aliphatic carbocycles. The Hall–Kier alpha value is -2.42. The number of nitriles is 1. The van der Waals surface area contributed by atoms with Crippen LogP contribution in [-0.2, 0) is 9.59 Å². The van der Waals surface area contributed by atoms with Crippen molar-refractivity contribution < 1.29 is 14.4 Å². The average Bonchev–Trinajstić information content (AvgIpc) is 2.78. The van der Waals surface area contributed by atoms with E-state index in [0.29, 0.717) is 0 Å². The van der Waals surface area contributed by atoms with E-state index in [4.69, 9.17) is 5.73 Å². The van der Waals surface area contributed by atoms with Crippen LogP contribution in [0.25, 0.3) is 0 Å². The SMILES string of the molecule is CC1(C)CC[C@]2(NC(N)=O)CC[C@]3(C)[C@H](C(=O)C=C4[C@@]5(C)C=C(C#N)C(=O)C(C)(C)[C@@H]5CC[C@]43C)[C@H]2C1. The Kier molecular flexibility index (Phi) is 5.37. The third kappa shape index (κ3) is 3.25. The standard InChI is InChI=1S/C31H43N3O3/c1-26(2)10-12-31(34-25(33)37)13-11-30(7)23(19(31)16-26)20(35)14-22-28(5)15-18(17-32)24(36)27(3,4)21(28)8-9-29(22,30)6/h14-15,19,21,23H,8-13,16H2,1-7H3,(H3,33,34,37)/t19-,21+,23+,28+,29-,30-,31+/m1/s1. The van der Waals surface area contributed by atoms with Crippen LogP contribution in [0.3, 0.4) is 0 Å². The number of rotatable bonds is 1. The molecule has 0 spiro atoms. The van der Waals surface area contributed by atoms with Crippen molar-refractivity contribution in [1.29, 1.82) is 5.26 Å². The number of nitrogens with one attached hydrogen (secondary N) is 1. The quantitative estimate of drug-likeness (QED) is 0.481. The van der Waals surface area contributed by atoms with E-state index in [2.05, 4.69) is 46.0 Å². The zero-order valence-electron chi connectivity index (χ0n) is 23.6. The van der Waals surface area contributed by atoms with E-state index in [9.17, 15) is 19.6 Å². The normalized spacial score (nSPS) is 45.6. The Bertz CT molecular complexity index is 1200. The van der Waals surface area contributed by atoms with Gasteiger partial charge in [-0.25, -0.2) is 4.79 Å². The van der Waals surface area contributed by atoms with E-state index < -0.39 is 22.4 Å². The molecule has 0 heterocycles. The highest BCUT2D eigenvalue weighted by Crippen LogP contribution is 2.73. The topological polar surface area (TPSA) is 113 Å². The fraction of sp³-hybridized carbons (Fsp3) is 0.742. The number of nitrogens with two attached hydrogens (primary N) is 1. The molecule has 0 aromatic rings. The van der Waals surface area contributed by atoms with Crippen LogP contribution in [0.15, 0.2) is 23.3 Å². The first-order valence-corrected chi connectivity index (χ1v) is 14.0. The lowest BCUT2D eigenvalue weighted by Gasteiger charge is -2.69. The van der Waals surface area contributed by atoms with Gasteiger partial charge in [-0.05, 0) is 79.1 Å². The summed E-state index contributed by atoms with van der Waals surface area (Å²) in [6.45, 7) is 15.2. The smallest absolute Gasteiger partial charge is 0.312 e. The molecule has 2 amide bonds. The fourth-order valence-electron chi connectivity index (χ4n) is 10.1. The van der Waals surface area contributed by atoms with Crippen molar-refractivity contribution >= 4 is 17.6 Å². The summed E-state index contributed by atoms with van der Waals surface area (Å²) in [6, 6.07) is 1.67. The van der Waals surface area contributed by atoms with Crippen LogP contribution in [0.1, 0.15) is 93.4 Å². The third-order valence-corrected chi connectivity index (χ3v) is 12.2. The number of nitrogens with zero attached hydrogens (tertiary/aromatic N) is 1. The molecule has 3 saturated carbocycles. The predicted octanol–water partition coefficient (Wildman–Crippen LogP) is 5.63. The van der Waals surface area contributed by atoms with Crippen LogP contribution in [0.5, 0.6) is 0 Å². The second-order valence-corrected chi connectivity index (χ2v) is 14.9. The molecule has 0 saturated heterocycles. The number of hydrogen-bond donors (Lipinski definition) is 2. The Balaban J connectivity index is 1.69. The molecule has 6 nitrogen and oxygen atoms in total. The van der Waals surface area contributed by atoms with Crippen molar-refractivity contribution in [3.63, 3.8) is 0 Å². The number of carbonyl (C=O) groups excluding carboxylic acids is 3. The van der Waals surface area contributed by atoms with Crippen molar-refractivity contribution in [3.05, 3.63) is 23.3 Å². The molecule has 0 unspecified atom stereocenters. The fourth-order valence-corrected chi connectivity index (χ4v) is 10.1. The van der Waals surface area contributed by atoms with E-state index >= 15 is 0 Å². The minimum Gasteiger partial charge on any atom is -0.352 e. The van der Waals surface area contributed by atoms with Crippen molar-refractivity contribution in [2.45, 2.75) is 99.0 Å². The lowest BCUT2D eigenvalue weighted by molar-refractivity contribution is -0.160. The minimum atomic E-state index is -0.669. The Morgan fingerprint density at radius 2 is 1.68 bits per heavy atom. The van der Waals surface area contributed by atoms with Crippen LogP contribution in [0.2, 0.25) is 0 Å². The second-order valence-electron chi connectivity index (χ2n) is 14.9. The Morgan fingerprint density at radius 3 is 2.30 bits per heavy atom. The first-order chi connectivity index (χ1) is 17.0. The number of Topliss-reactive ketones (excluding diaryl/α,β-unsaturated/α-hetero) is 1. The summed E-state index contributed by atoms with van der Waals surface area (Å²) in [5.41, 5.74) is 4.90. The molecule has 0 aliphatic heterocycles. The van der Waals surface area contributed by atoms with Crippen molar-refractivity contribution in [3.8, 4) is 6.07 Å². The summed E-state index contributed by atoms with van der Waals surface area (Å²) in [5, 5.41) is 13.0. The lowest BCUT2D eigenvalue weighted by atomic mass is 9.35. The number of primary amides is 1. The van der Waals surface area contributed by atoms with Crippen molar-refractivity contribution in [2.75, 3.05) is 0 Å². The number of urea groups is 1. The van der Waals surface area contributed by atoms with Gasteiger partial charge in [0.25, 0.3) is 0 Å².